The molecule has 120 valence electrons. The Kier molecular flexibility index (Phi) is 4.76. The highest BCUT2D eigenvalue weighted by Gasteiger charge is 2.10. The van der Waals surface area contributed by atoms with Crippen LogP contribution >= 0.6 is 0 Å². The van der Waals surface area contributed by atoms with Crippen molar-refractivity contribution in [1.29, 1.82) is 0 Å². The Labute approximate surface area is 137 Å². The van der Waals surface area contributed by atoms with E-state index in [1.54, 1.807) is 24.7 Å². The molecular weight excluding hydrogens is 310 g/mol. The minimum absolute atomic E-state index is 0.415. The molecule has 0 bridgehead atoms. The number of aromatic nitrogens is 5. The highest BCUT2D eigenvalue weighted by molar-refractivity contribution is 7.84. The van der Waals surface area contributed by atoms with Gasteiger partial charge in [0, 0.05) is 30.9 Å². The second-order valence-corrected chi connectivity index (χ2v) is 6.89. The van der Waals surface area contributed by atoms with Gasteiger partial charge >= 0.3 is 0 Å². The first-order chi connectivity index (χ1) is 11.2. The van der Waals surface area contributed by atoms with Gasteiger partial charge in [-0.15, -0.1) is 0 Å². The number of hydrogen-bond donors (Lipinski definition) is 0. The zero-order valence-electron chi connectivity index (χ0n) is 13.3. The lowest BCUT2D eigenvalue weighted by molar-refractivity contribution is 0.624. The van der Waals surface area contributed by atoms with Crippen LogP contribution in [0.15, 0.2) is 36.0 Å². The summed E-state index contributed by atoms with van der Waals surface area (Å²) in [6, 6.07) is 1.73. The van der Waals surface area contributed by atoms with Crippen molar-refractivity contribution in [3.63, 3.8) is 0 Å². The van der Waals surface area contributed by atoms with Gasteiger partial charge in [-0.1, -0.05) is 0 Å². The zero-order valence-corrected chi connectivity index (χ0v) is 14.1. The number of rotatable bonds is 6. The van der Waals surface area contributed by atoms with Crippen LogP contribution in [0, 0.1) is 13.8 Å². The second-order valence-electron chi connectivity index (χ2n) is 5.42. The van der Waals surface area contributed by atoms with Crippen LogP contribution in [0.25, 0.3) is 11.0 Å². The third kappa shape index (κ3) is 3.44. The van der Waals surface area contributed by atoms with Crippen LogP contribution in [0.1, 0.15) is 24.2 Å². The highest BCUT2D eigenvalue weighted by Crippen LogP contribution is 2.19. The van der Waals surface area contributed by atoms with Crippen molar-refractivity contribution in [3.8, 4) is 0 Å². The van der Waals surface area contributed by atoms with Gasteiger partial charge in [0.05, 0.1) is 22.5 Å². The first-order valence-corrected chi connectivity index (χ1v) is 8.91. The predicted molar refractivity (Wildman–Crippen MR) is 89.5 cm³/mol. The standard InChI is InChI=1S/C16H19N5OS/c1-12-10-17-11-14-15(12)21(13(2)20-14)8-3-4-9-23(22)16-18-6-5-7-19-16/h5-7,10-11H,3-4,8-9H2,1-2H3. The Morgan fingerprint density at radius 2 is 1.91 bits per heavy atom. The van der Waals surface area contributed by atoms with E-state index in [1.165, 1.54) is 0 Å². The van der Waals surface area contributed by atoms with Crippen molar-refractivity contribution >= 4 is 21.8 Å². The van der Waals surface area contributed by atoms with Gasteiger partial charge in [0.15, 0.2) is 0 Å². The van der Waals surface area contributed by atoms with Gasteiger partial charge in [-0.05, 0) is 38.3 Å². The van der Waals surface area contributed by atoms with Crippen molar-refractivity contribution in [3.05, 3.63) is 42.2 Å². The number of hydrogen-bond acceptors (Lipinski definition) is 5. The van der Waals surface area contributed by atoms with Crippen molar-refractivity contribution in [2.24, 2.45) is 0 Å². The summed E-state index contributed by atoms with van der Waals surface area (Å²) >= 11 is 0. The van der Waals surface area contributed by atoms with Gasteiger partial charge in [-0.3, -0.25) is 9.19 Å². The van der Waals surface area contributed by atoms with E-state index in [4.69, 9.17) is 0 Å². The molecule has 0 aliphatic carbocycles. The highest BCUT2D eigenvalue weighted by atomic mass is 32.2. The summed E-state index contributed by atoms with van der Waals surface area (Å²) in [6.45, 7) is 4.92. The fourth-order valence-electron chi connectivity index (χ4n) is 2.64. The summed E-state index contributed by atoms with van der Waals surface area (Å²) in [5.74, 6) is 1.57. The van der Waals surface area contributed by atoms with Gasteiger partial charge in [0.1, 0.15) is 11.3 Å². The maximum absolute atomic E-state index is 12.1. The molecule has 0 saturated carbocycles. The number of unbranched alkanes of at least 4 members (excludes halogenated alkanes) is 1. The fourth-order valence-corrected chi connectivity index (χ4v) is 3.65. The van der Waals surface area contributed by atoms with Gasteiger partial charge in [0.2, 0.25) is 5.16 Å². The van der Waals surface area contributed by atoms with Gasteiger partial charge < -0.3 is 4.57 Å². The van der Waals surface area contributed by atoms with E-state index < -0.39 is 10.8 Å². The van der Waals surface area contributed by atoms with Crippen molar-refractivity contribution < 1.29 is 4.21 Å². The van der Waals surface area contributed by atoms with Crippen LogP contribution in [0.5, 0.6) is 0 Å². The Balaban J connectivity index is 1.61. The van der Waals surface area contributed by atoms with E-state index in [0.29, 0.717) is 10.9 Å². The molecule has 3 aromatic heterocycles. The van der Waals surface area contributed by atoms with Crippen LogP contribution in [0.2, 0.25) is 0 Å². The van der Waals surface area contributed by atoms with E-state index >= 15 is 0 Å². The average molecular weight is 329 g/mol. The smallest absolute Gasteiger partial charge is 0.218 e. The molecule has 0 spiro atoms. The maximum Gasteiger partial charge on any atom is 0.218 e. The summed E-state index contributed by atoms with van der Waals surface area (Å²) in [7, 11) is -1.13. The quantitative estimate of drug-likeness (QED) is 0.513. The van der Waals surface area contributed by atoms with Crippen molar-refractivity contribution in [2.75, 3.05) is 5.75 Å². The summed E-state index contributed by atoms with van der Waals surface area (Å²) < 4.78 is 14.3. The lowest BCUT2D eigenvalue weighted by Gasteiger charge is -2.08. The Morgan fingerprint density at radius 3 is 2.70 bits per heavy atom. The van der Waals surface area contributed by atoms with Crippen molar-refractivity contribution in [1.82, 2.24) is 24.5 Å². The number of imidazole rings is 1. The molecule has 23 heavy (non-hydrogen) atoms. The molecule has 0 aromatic carbocycles. The molecule has 3 rings (SSSR count). The van der Waals surface area contributed by atoms with Crippen LogP contribution in [0.4, 0.5) is 0 Å². The minimum Gasteiger partial charge on any atom is -0.328 e. The van der Waals surface area contributed by atoms with Gasteiger partial charge in [0.25, 0.3) is 0 Å². The van der Waals surface area contributed by atoms with E-state index in [9.17, 15) is 4.21 Å². The van der Waals surface area contributed by atoms with E-state index in [2.05, 4.69) is 31.4 Å². The molecule has 7 heteroatoms. The number of aryl methyl sites for hydroxylation is 3. The van der Waals surface area contributed by atoms with Gasteiger partial charge in [-0.25, -0.2) is 15.0 Å². The van der Waals surface area contributed by atoms with Crippen LogP contribution in [0.3, 0.4) is 0 Å². The molecule has 0 aliphatic heterocycles. The SMILES string of the molecule is Cc1cncc2nc(C)n(CCCCS(=O)c3ncccn3)c12. The third-order valence-corrected chi connectivity index (χ3v) is 5.01. The van der Waals surface area contributed by atoms with E-state index in [0.717, 1.165) is 41.8 Å². The summed E-state index contributed by atoms with van der Waals surface area (Å²) in [6.07, 6.45) is 8.70. The second kappa shape index (κ2) is 6.95. The van der Waals surface area contributed by atoms with Crippen LogP contribution in [-0.4, -0.2) is 34.5 Å². The summed E-state index contributed by atoms with van der Waals surface area (Å²) in [5.41, 5.74) is 3.21. The zero-order chi connectivity index (χ0) is 16.2. The topological polar surface area (TPSA) is 73.6 Å². The van der Waals surface area contributed by atoms with Crippen LogP contribution in [-0.2, 0) is 17.3 Å². The first-order valence-electron chi connectivity index (χ1n) is 7.59. The molecule has 0 radical (unpaired) electrons. The molecule has 6 nitrogen and oxygen atoms in total. The third-order valence-electron chi connectivity index (χ3n) is 3.73. The summed E-state index contributed by atoms with van der Waals surface area (Å²) in [4.78, 5) is 16.8. The molecule has 0 amide bonds. The normalized spacial score (nSPS) is 12.6. The van der Waals surface area contributed by atoms with Gasteiger partial charge in [-0.2, -0.15) is 0 Å². The fraction of sp³-hybridized carbons (Fsp3) is 0.375. The Bertz CT molecular complexity index is 831. The lowest BCUT2D eigenvalue weighted by atomic mass is 10.2. The number of nitrogens with zero attached hydrogens (tertiary/aromatic N) is 5. The maximum atomic E-state index is 12.1. The molecule has 3 aromatic rings. The molecular formula is C16H19N5OS. The monoisotopic (exact) mass is 329 g/mol. The molecule has 1 atom stereocenters. The molecule has 0 aliphatic rings. The molecule has 0 saturated heterocycles. The number of pyridine rings is 1. The first kappa shape index (κ1) is 15.7. The molecule has 0 fully saturated rings. The van der Waals surface area contributed by atoms with Crippen molar-refractivity contribution in [2.45, 2.75) is 38.4 Å². The van der Waals surface area contributed by atoms with E-state index in [-0.39, 0.29) is 0 Å². The molecule has 1 unspecified atom stereocenters. The lowest BCUT2D eigenvalue weighted by Crippen LogP contribution is -2.06. The van der Waals surface area contributed by atoms with E-state index in [1.807, 2.05) is 13.1 Å². The predicted octanol–water partition coefficient (Wildman–Crippen LogP) is 2.43. The Morgan fingerprint density at radius 1 is 1.13 bits per heavy atom. The Hall–Kier alpha value is -2.15. The largest absolute Gasteiger partial charge is 0.328 e. The average Bonchev–Trinajstić information content (AvgIpc) is 2.89. The number of fused-ring (bicyclic) bond motifs is 1. The van der Waals surface area contributed by atoms with Crippen LogP contribution < -0.4 is 0 Å². The molecule has 3 heterocycles. The summed E-state index contributed by atoms with van der Waals surface area (Å²) in [5, 5.41) is 0.415. The minimum atomic E-state index is -1.13. The molecule has 0 N–H and O–H groups in total.